The summed E-state index contributed by atoms with van der Waals surface area (Å²) in [6.07, 6.45) is 2.09. The maximum Gasteiger partial charge on any atom is 0.224 e. The lowest BCUT2D eigenvalue weighted by molar-refractivity contribution is -0.125. The van der Waals surface area contributed by atoms with Crippen LogP contribution in [0.4, 0.5) is 0 Å². The third kappa shape index (κ3) is 3.02. The monoisotopic (exact) mass is 239 g/mol. The predicted molar refractivity (Wildman–Crippen MR) is 64.3 cm³/mol. The molecule has 1 aromatic rings. The molecule has 1 atom stereocenters. The van der Waals surface area contributed by atoms with Gasteiger partial charge in [0.15, 0.2) is 0 Å². The van der Waals surface area contributed by atoms with Gasteiger partial charge in [-0.1, -0.05) is 0 Å². The van der Waals surface area contributed by atoms with E-state index in [1.54, 1.807) is 11.3 Å². The molecule has 0 spiro atoms. The second-order valence-corrected chi connectivity index (χ2v) is 5.09. The van der Waals surface area contributed by atoms with Crippen LogP contribution in [0.2, 0.25) is 0 Å². The van der Waals surface area contributed by atoms with E-state index < -0.39 is 0 Å². The van der Waals surface area contributed by atoms with Gasteiger partial charge in [-0.15, -0.1) is 11.3 Å². The molecule has 1 saturated heterocycles. The SMILES string of the molecule is Cc1csc(CNC(=O)[C@H]2CCCNC2)n1. The van der Waals surface area contributed by atoms with E-state index in [2.05, 4.69) is 15.6 Å². The van der Waals surface area contributed by atoms with Crippen LogP contribution in [0.15, 0.2) is 5.38 Å². The smallest absolute Gasteiger partial charge is 0.224 e. The van der Waals surface area contributed by atoms with Crippen molar-refractivity contribution in [2.24, 2.45) is 5.92 Å². The number of amides is 1. The number of nitrogens with one attached hydrogen (secondary N) is 2. The Morgan fingerprint density at radius 3 is 3.25 bits per heavy atom. The van der Waals surface area contributed by atoms with Crippen LogP contribution in [-0.4, -0.2) is 24.0 Å². The first-order valence-electron chi connectivity index (χ1n) is 5.65. The fourth-order valence-corrected chi connectivity index (χ4v) is 2.58. The molecule has 1 amide bonds. The average Bonchev–Trinajstić information content (AvgIpc) is 2.73. The van der Waals surface area contributed by atoms with Gasteiger partial charge in [0.05, 0.1) is 12.5 Å². The van der Waals surface area contributed by atoms with Gasteiger partial charge in [-0.25, -0.2) is 4.98 Å². The van der Waals surface area contributed by atoms with Crippen LogP contribution < -0.4 is 10.6 Å². The molecule has 2 N–H and O–H groups in total. The number of carbonyl (C=O) groups excluding carboxylic acids is 1. The zero-order valence-corrected chi connectivity index (χ0v) is 10.3. The minimum absolute atomic E-state index is 0.134. The topological polar surface area (TPSA) is 54.0 Å². The summed E-state index contributed by atoms with van der Waals surface area (Å²) in [5.74, 6) is 0.287. The Balaban J connectivity index is 1.78. The lowest BCUT2D eigenvalue weighted by atomic mass is 9.99. The maximum absolute atomic E-state index is 11.8. The van der Waals surface area contributed by atoms with E-state index in [1.807, 2.05) is 12.3 Å². The van der Waals surface area contributed by atoms with E-state index >= 15 is 0 Å². The minimum Gasteiger partial charge on any atom is -0.349 e. The first-order valence-corrected chi connectivity index (χ1v) is 6.53. The first kappa shape index (κ1) is 11.5. The van der Waals surface area contributed by atoms with Gasteiger partial charge in [-0.05, 0) is 26.3 Å². The standard InChI is InChI=1S/C11H17N3OS/c1-8-7-16-10(14-8)6-13-11(15)9-3-2-4-12-5-9/h7,9,12H,2-6H2,1H3,(H,13,15)/t9-/m0/s1. The molecule has 0 bridgehead atoms. The van der Waals surface area contributed by atoms with Crippen LogP contribution >= 0.6 is 11.3 Å². The first-order chi connectivity index (χ1) is 7.75. The number of piperidine rings is 1. The van der Waals surface area contributed by atoms with Crippen LogP contribution in [0.25, 0.3) is 0 Å². The second-order valence-electron chi connectivity index (χ2n) is 4.14. The van der Waals surface area contributed by atoms with E-state index in [0.29, 0.717) is 6.54 Å². The molecular weight excluding hydrogens is 222 g/mol. The summed E-state index contributed by atoms with van der Waals surface area (Å²) in [6.45, 7) is 4.37. The van der Waals surface area contributed by atoms with Crippen molar-refractivity contribution in [3.63, 3.8) is 0 Å². The molecular formula is C11H17N3OS. The van der Waals surface area contributed by atoms with Crippen molar-refractivity contribution in [3.8, 4) is 0 Å². The average molecular weight is 239 g/mol. The quantitative estimate of drug-likeness (QED) is 0.829. The van der Waals surface area contributed by atoms with Crippen molar-refractivity contribution >= 4 is 17.2 Å². The molecule has 88 valence electrons. The van der Waals surface area contributed by atoms with E-state index in [-0.39, 0.29) is 11.8 Å². The number of rotatable bonds is 3. The molecule has 0 saturated carbocycles. The van der Waals surface area contributed by atoms with Crippen LogP contribution in [0.5, 0.6) is 0 Å². The van der Waals surface area contributed by atoms with Gasteiger partial charge in [-0.2, -0.15) is 0 Å². The zero-order valence-electron chi connectivity index (χ0n) is 9.45. The summed E-state index contributed by atoms with van der Waals surface area (Å²) in [5, 5.41) is 9.18. The zero-order chi connectivity index (χ0) is 11.4. The third-order valence-corrected chi connectivity index (χ3v) is 3.71. The van der Waals surface area contributed by atoms with Gasteiger partial charge in [0, 0.05) is 17.6 Å². The Bertz CT molecular complexity index is 358. The molecule has 2 rings (SSSR count). The summed E-state index contributed by atoms with van der Waals surface area (Å²) < 4.78 is 0. The highest BCUT2D eigenvalue weighted by Crippen LogP contribution is 2.11. The Morgan fingerprint density at radius 1 is 1.75 bits per heavy atom. The summed E-state index contributed by atoms with van der Waals surface area (Å²) in [4.78, 5) is 16.1. The van der Waals surface area contributed by atoms with Crippen LogP contribution in [0, 0.1) is 12.8 Å². The van der Waals surface area contributed by atoms with E-state index in [4.69, 9.17) is 0 Å². The number of aromatic nitrogens is 1. The van der Waals surface area contributed by atoms with Crippen LogP contribution in [0.1, 0.15) is 23.5 Å². The summed E-state index contributed by atoms with van der Waals surface area (Å²) in [7, 11) is 0. The fourth-order valence-electron chi connectivity index (χ4n) is 1.87. The van der Waals surface area contributed by atoms with Crippen molar-refractivity contribution in [3.05, 3.63) is 16.1 Å². The van der Waals surface area contributed by atoms with Crippen LogP contribution in [0.3, 0.4) is 0 Å². The Morgan fingerprint density at radius 2 is 2.62 bits per heavy atom. The Kier molecular flexibility index (Phi) is 3.90. The Labute approximate surface area is 99.5 Å². The van der Waals surface area contributed by atoms with Crippen LogP contribution in [-0.2, 0) is 11.3 Å². The molecule has 16 heavy (non-hydrogen) atoms. The highest BCUT2D eigenvalue weighted by Gasteiger charge is 2.20. The van der Waals surface area contributed by atoms with Crippen molar-refractivity contribution in [2.75, 3.05) is 13.1 Å². The lowest BCUT2D eigenvalue weighted by Crippen LogP contribution is -2.40. The number of hydrogen-bond acceptors (Lipinski definition) is 4. The van der Waals surface area contributed by atoms with Gasteiger partial charge in [0.2, 0.25) is 5.91 Å². The maximum atomic E-state index is 11.8. The molecule has 4 nitrogen and oxygen atoms in total. The molecule has 1 aromatic heterocycles. The number of hydrogen-bond donors (Lipinski definition) is 2. The summed E-state index contributed by atoms with van der Waals surface area (Å²) in [5.41, 5.74) is 1.02. The largest absolute Gasteiger partial charge is 0.349 e. The fraction of sp³-hybridized carbons (Fsp3) is 0.636. The number of aryl methyl sites for hydroxylation is 1. The molecule has 2 heterocycles. The number of nitrogens with zero attached hydrogens (tertiary/aromatic N) is 1. The van der Waals surface area contributed by atoms with Gasteiger partial charge >= 0.3 is 0 Å². The molecule has 1 aliphatic rings. The van der Waals surface area contributed by atoms with Gasteiger partial charge in [-0.3, -0.25) is 4.79 Å². The van der Waals surface area contributed by atoms with E-state index in [9.17, 15) is 4.79 Å². The van der Waals surface area contributed by atoms with Gasteiger partial charge in [0.1, 0.15) is 5.01 Å². The van der Waals surface area contributed by atoms with Crippen molar-refractivity contribution in [1.82, 2.24) is 15.6 Å². The predicted octanol–water partition coefficient (Wildman–Crippen LogP) is 1.07. The van der Waals surface area contributed by atoms with Crippen molar-refractivity contribution < 1.29 is 4.79 Å². The molecule has 1 aliphatic heterocycles. The van der Waals surface area contributed by atoms with Crippen molar-refractivity contribution in [2.45, 2.75) is 26.3 Å². The normalized spacial score (nSPS) is 20.7. The molecule has 0 aliphatic carbocycles. The highest BCUT2D eigenvalue weighted by molar-refractivity contribution is 7.09. The van der Waals surface area contributed by atoms with E-state index in [0.717, 1.165) is 36.6 Å². The minimum atomic E-state index is 0.134. The summed E-state index contributed by atoms with van der Waals surface area (Å²) in [6, 6.07) is 0. The molecule has 0 radical (unpaired) electrons. The second kappa shape index (κ2) is 5.41. The highest BCUT2D eigenvalue weighted by atomic mass is 32.1. The lowest BCUT2D eigenvalue weighted by Gasteiger charge is -2.21. The molecule has 0 aromatic carbocycles. The van der Waals surface area contributed by atoms with E-state index in [1.165, 1.54) is 0 Å². The molecule has 5 heteroatoms. The molecule has 1 fully saturated rings. The summed E-state index contributed by atoms with van der Waals surface area (Å²) >= 11 is 1.60. The number of carbonyl (C=O) groups is 1. The third-order valence-electron chi connectivity index (χ3n) is 2.75. The molecule has 0 unspecified atom stereocenters. The van der Waals surface area contributed by atoms with Crippen molar-refractivity contribution in [1.29, 1.82) is 0 Å². The van der Waals surface area contributed by atoms with Gasteiger partial charge < -0.3 is 10.6 Å². The number of thiazole rings is 1. The Hall–Kier alpha value is -0.940. The van der Waals surface area contributed by atoms with Gasteiger partial charge in [0.25, 0.3) is 0 Å².